The van der Waals surface area contributed by atoms with Crippen LogP contribution in [0, 0.1) is 5.92 Å². The predicted molar refractivity (Wildman–Crippen MR) is 97.7 cm³/mol. The average Bonchev–Trinajstić information content (AvgIpc) is 3.38. The van der Waals surface area contributed by atoms with E-state index in [1.54, 1.807) is 12.5 Å². The number of rotatable bonds is 6. The van der Waals surface area contributed by atoms with E-state index in [-0.39, 0.29) is 17.9 Å². The van der Waals surface area contributed by atoms with Crippen LogP contribution >= 0.6 is 0 Å². The molecule has 1 aliphatic carbocycles. The summed E-state index contributed by atoms with van der Waals surface area (Å²) >= 11 is 0. The van der Waals surface area contributed by atoms with E-state index in [0.717, 1.165) is 37.4 Å². The lowest BCUT2D eigenvalue weighted by Crippen LogP contribution is -2.27. The molecule has 0 saturated heterocycles. The Balaban J connectivity index is 1.29. The molecule has 136 valence electrons. The number of aromatic nitrogens is 5. The Labute approximate surface area is 152 Å². The molecule has 0 aliphatic heterocycles. The van der Waals surface area contributed by atoms with Gasteiger partial charge in [-0.15, -0.1) is 10.2 Å². The van der Waals surface area contributed by atoms with Gasteiger partial charge in [0.15, 0.2) is 0 Å². The summed E-state index contributed by atoms with van der Waals surface area (Å²) in [6.45, 7) is 1.59. The summed E-state index contributed by atoms with van der Waals surface area (Å²) in [6, 6.07) is 10.3. The molecule has 0 bridgehead atoms. The lowest BCUT2D eigenvalue weighted by atomic mass is 10.0. The molecule has 7 nitrogen and oxygen atoms in total. The van der Waals surface area contributed by atoms with Gasteiger partial charge in [0.2, 0.25) is 0 Å². The Hall–Kier alpha value is -2.51. The van der Waals surface area contributed by atoms with Crippen molar-refractivity contribution in [3.8, 4) is 5.69 Å². The summed E-state index contributed by atoms with van der Waals surface area (Å²) in [7, 11) is 1.96. The largest absolute Gasteiger partial charge is 0.393 e. The lowest BCUT2D eigenvalue weighted by Gasteiger charge is -2.15. The molecule has 3 aromatic rings. The Morgan fingerprint density at radius 1 is 1.23 bits per heavy atom. The second kappa shape index (κ2) is 7.39. The summed E-state index contributed by atoms with van der Waals surface area (Å²) in [4.78, 5) is 0. The Bertz CT molecular complexity index is 826. The summed E-state index contributed by atoms with van der Waals surface area (Å²) in [5.74, 6) is 1.51. The van der Waals surface area contributed by atoms with Crippen LogP contribution in [-0.4, -0.2) is 42.3 Å². The monoisotopic (exact) mass is 352 g/mol. The van der Waals surface area contributed by atoms with Crippen molar-refractivity contribution < 1.29 is 5.11 Å². The average molecular weight is 352 g/mol. The molecule has 7 heteroatoms. The molecule has 1 aliphatic rings. The molecule has 0 spiro atoms. The van der Waals surface area contributed by atoms with Gasteiger partial charge in [-0.05, 0) is 42.5 Å². The van der Waals surface area contributed by atoms with Gasteiger partial charge in [-0.2, -0.15) is 5.10 Å². The third-order valence-corrected chi connectivity index (χ3v) is 5.21. The van der Waals surface area contributed by atoms with Crippen molar-refractivity contribution in [1.29, 1.82) is 0 Å². The van der Waals surface area contributed by atoms with Crippen LogP contribution < -0.4 is 5.32 Å². The number of aryl methyl sites for hydroxylation is 1. The number of aliphatic hydroxyl groups is 1. The van der Waals surface area contributed by atoms with E-state index in [1.165, 1.54) is 5.56 Å². The second-order valence-electron chi connectivity index (χ2n) is 7.04. The molecule has 26 heavy (non-hydrogen) atoms. The standard InChI is InChI=1S/C19H24N6O/c1-24-13-21-23-19(24)15-9-16(18(26)10-15)12-20-11-14-3-5-17(6-4-14)25-8-2-7-22-25/h2-8,13,15-16,18,20,26H,9-12H2,1H3/t15-,16+,18+/m0/s1. The highest BCUT2D eigenvalue weighted by atomic mass is 16.3. The van der Waals surface area contributed by atoms with Crippen LogP contribution in [-0.2, 0) is 13.6 Å². The summed E-state index contributed by atoms with van der Waals surface area (Å²) in [5, 5.41) is 26.3. The second-order valence-corrected chi connectivity index (χ2v) is 7.04. The van der Waals surface area contributed by atoms with E-state index < -0.39 is 0 Å². The van der Waals surface area contributed by atoms with Gasteiger partial charge in [0.25, 0.3) is 0 Å². The van der Waals surface area contributed by atoms with Gasteiger partial charge >= 0.3 is 0 Å². The van der Waals surface area contributed by atoms with Crippen molar-refractivity contribution >= 4 is 0 Å². The van der Waals surface area contributed by atoms with E-state index in [2.05, 4.69) is 44.9 Å². The number of nitrogens with zero attached hydrogens (tertiary/aromatic N) is 5. The maximum atomic E-state index is 10.4. The zero-order chi connectivity index (χ0) is 17.9. The molecule has 4 rings (SSSR count). The molecule has 0 unspecified atom stereocenters. The van der Waals surface area contributed by atoms with E-state index in [0.29, 0.717) is 0 Å². The van der Waals surface area contributed by atoms with Gasteiger partial charge in [0.05, 0.1) is 11.8 Å². The van der Waals surface area contributed by atoms with Crippen molar-refractivity contribution in [3.63, 3.8) is 0 Å². The first-order valence-corrected chi connectivity index (χ1v) is 9.02. The van der Waals surface area contributed by atoms with E-state index >= 15 is 0 Å². The van der Waals surface area contributed by atoms with Crippen molar-refractivity contribution in [2.45, 2.75) is 31.4 Å². The molecule has 2 N–H and O–H groups in total. The number of hydrogen-bond acceptors (Lipinski definition) is 5. The van der Waals surface area contributed by atoms with Gasteiger partial charge in [-0.3, -0.25) is 0 Å². The molecule has 1 fully saturated rings. The number of hydrogen-bond donors (Lipinski definition) is 2. The van der Waals surface area contributed by atoms with Crippen LogP contribution in [0.15, 0.2) is 49.1 Å². The Morgan fingerprint density at radius 2 is 2.08 bits per heavy atom. The third kappa shape index (κ3) is 3.54. The molecule has 2 aromatic heterocycles. The normalized spacial score (nSPS) is 22.8. The maximum absolute atomic E-state index is 10.4. The molecule has 1 saturated carbocycles. The fourth-order valence-electron chi connectivity index (χ4n) is 3.78. The highest BCUT2D eigenvalue weighted by molar-refractivity contribution is 5.33. The molecule has 2 heterocycles. The van der Waals surface area contributed by atoms with Crippen molar-refractivity contribution in [3.05, 3.63) is 60.4 Å². The number of benzene rings is 1. The maximum Gasteiger partial charge on any atom is 0.135 e. The zero-order valence-corrected chi connectivity index (χ0v) is 14.9. The Kier molecular flexibility index (Phi) is 4.81. The molecule has 0 amide bonds. The van der Waals surface area contributed by atoms with Crippen LogP contribution in [0.4, 0.5) is 0 Å². The summed E-state index contributed by atoms with van der Waals surface area (Å²) < 4.78 is 3.80. The minimum absolute atomic E-state index is 0.250. The van der Waals surface area contributed by atoms with E-state index in [9.17, 15) is 5.11 Å². The highest BCUT2D eigenvalue weighted by Gasteiger charge is 2.35. The predicted octanol–water partition coefficient (Wildman–Crippen LogP) is 1.65. The zero-order valence-electron chi connectivity index (χ0n) is 14.9. The molecular formula is C19H24N6O. The van der Waals surface area contributed by atoms with E-state index in [4.69, 9.17) is 0 Å². The van der Waals surface area contributed by atoms with Gasteiger partial charge in [0, 0.05) is 38.4 Å². The topological polar surface area (TPSA) is 80.8 Å². The molecule has 0 radical (unpaired) electrons. The quantitative estimate of drug-likeness (QED) is 0.705. The molecule has 1 aromatic carbocycles. The van der Waals surface area contributed by atoms with Crippen LogP contribution in [0.1, 0.15) is 30.1 Å². The lowest BCUT2D eigenvalue weighted by molar-refractivity contribution is 0.131. The third-order valence-electron chi connectivity index (χ3n) is 5.21. The fraction of sp³-hybridized carbons (Fsp3) is 0.421. The van der Waals surface area contributed by atoms with Gasteiger partial charge in [-0.1, -0.05) is 12.1 Å². The minimum atomic E-state index is -0.286. The number of aliphatic hydroxyl groups excluding tert-OH is 1. The Morgan fingerprint density at radius 3 is 2.77 bits per heavy atom. The van der Waals surface area contributed by atoms with Crippen molar-refractivity contribution in [1.82, 2.24) is 29.9 Å². The SMILES string of the molecule is Cn1cnnc1[C@H]1C[C@H](CNCc2ccc(-n3cccn3)cc2)[C@H](O)C1. The smallest absolute Gasteiger partial charge is 0.135 e. The molecule has 3 atom stereocenters. The number of nitrogens with one attached hydrogen (secondary N) is 1. The summed E-state index contributed by atoms with van der Waals surface area (Å²) in [5.41, 5.74) is 2.27. The van der Waals surface area contributed by atoms with Crippen LogP contribution in [0.5, 0.6) is 0 Å². The molecular weight excluding hydrogens is 328 g/mol. The first-order valence-electron chi connectivity index (χ1n) is 9.02. The fourth-order valence-corrected chi connectivity index (χ4v) is 3.78. The minimum Gasteiger partial charge on any atom is -0.393 e. The van der Waals surface area contributed by atoms with E-state index in [1.807, 2.05) is 28.6 Å². The van der Waals surface area contributed by atoms with Crippen LogP contribution in [0.25, 0.3) is 5.69 Å². The van der Waals surface area contributed by atoms with Crippen LogP contribution in [0.2, 0.25) is 0 Å². The van der Waals surface area contributed by atoms with Crippen molar-refractivity contribution in [2.75, 3.05) is 6.54 Å². The summed E-state index contributed by atoms with van der Waals surface area (Å²) in [6.07, 6.45) is 6.85. The van der Waals surface area contributed by atoms with Gasteiger partial charge in [-0.25, -0.2) is 4.68 Å². The van der Waals surface area contributed by atoms with Gasteiger partial charge in [0.1, 0.15) is 12.2 Å². The van der Waals surface area contributed by atoms with Crippen molar-refractivity contribution in [2.24, 2.45) is 13.0 Å². The highest BCUT2D eigenvalue weighted by Crippen LogP contribution is 2.37. The van der Waals surface area contributed by atoms with Gasteiger partial charge < -0.3 is 15.0 Å². The van der Waals surface area contributed by atoms with Crippen LogP contribution in [0.3, 0.4) is 0 Å². The first kappa shape index (κ1) is 16.9. The first-order chi connectivity index (χ1) is 12.7.